The number of nitrogens with zero attached hydrogens (tertiary/aromatic N) is 4. The summed E-state index contributed by atoms with van der Waals surface area (Å²) in [6.07, 6.45) is 8.83. The maximum absolute atomic E-state index is 13.4. The van der Waals surface area contributed by atoms with E-state index in [1.54, 1.807) is 19.4 Å². The van der Waals surface area contributed by atoms with Crippen molar-refractivity contribution in [3.05, 3.63) is 103 Å². The van der Waals surface area contributed by atoms with Gasteiger partial charge >= 0.3 is 0 Å². The maximum atomic E-state index is 13.4. The molecular formula is C30H30N6O2. The van der Waals surface area contributed by atoms with Crippen molar-refractivity contribution >= 4 is 16.9 Å². The molecule has 5 rings (SSSR count). The van der Waals surface area contributed by atoms with E-state index in [0.717, 1.165) is 52.3 Å². The molecule has 1 fully saturated rings. The molecule has 1 aliphatic heterocycles. The molecule has 0 unspecified atom stereocenters. The van der Waals surface area contributed by atoms with Crippen molar-refractivity contribution in [2.75, 3.05) is 33.3 Å². The van der Waals surface area contributed by atoms with Gasteiger partial charge in [-0.1, -0.05) is 36.9 Å². The number of hydrogen-bond donors (Lipinski definition) is 2. The van der Waals surface area contributed by atoms with Gasteiger partial charge in [0.2, 0.25) is 0 Å². The van der Waals surface area contributed by atoms with Crippen molar-refractivity contribution < 1.29 is 9.53 Å². The van der Waals surface area contributed by atoms with Gasteiger partial charge in [0.1, 0.15) is 5.75 Å². The summed E-state index contributed by atoms with van der Waals surface area (Å²) in [5, 5.41) is 8.37. The van der Waals surface area contributed by atoms with Gasteiger partial charge < -0.3 is 20.3 Å². The van der Waals surface area contributed by atoms with E-state index in [4.69, 9.17) is 10.5 Å². The second-order valence-electron chi connectivity index (χ2n) is 8.94. The van der Waals surface area contributed by atoms with Gasteiger partial charge in [-0.05, 0) is 54.2 Å². The zero-order chi connectivity index (χ0) is 26.5. The fourth-order valence-electron chi connectivity index (χ4n) is 4.78. The van der Waals surface area contributed by atoms with Crippen molar-refractivity contribution in [1.29, 1.82) is 0 Å². The summed E-state index contributed by atoms with van der Waals surface area (Å²) in [6.45, 7) is 6.48. The van der Waals surface area contributed by atoms with Crippen molar-refractivity contribution in [2.24, 2.45) is 5.73 Å². The summed E-state index contributed by atoms with van der Waals surface area (Å²) < 4.78 is 5.55. The largest absolute Gasteiger partial charge is 0.496 e. The normalized spacial score (nSPS) is 14.3. The molecular weight excluding hydrogens is 476 g/mol. The number of para-hydroxylation sites is 1. The van der Waals surface area contributed by atoms with Gasteiger partial charge in [0.15, 0.2) is 5.65 Å². The zero-order valence-electron chi connectivity index (χ0n) is 21.3. The SMILES string of the molecule is C=C/C=C(\C=C/N)N1CCN(C(=O)c2cccc(-c3cnc4n[nH]c(-c5ccccc5OC)c4c3)c2)CC1. The highest BCUT2D eigenvalue weighted by Crippen LogP contribution is 2.34. The lowest BCUT2D eigenvalue weighted by Crippen LogP contribution is -2.48. The number of ether oxygens (including phenoxy) is 1. The molecule has 38 heavy (non-hydrogen) atoms. The molecule has 192 valence electrons. The summed E-state index contributed by atoms with van der Waals surface area (Å²) in [7, 11) is 1.65. The Morgan fingerprint density at radius 3 is 2.61 bits per heavy atom. The smallest absolute Gasteiger partial charge is 0.253 e. The number of methoxy groups -OCH3 is 1. The van der Waals surface area contributed by atoms with Crippen LogP contribution in [-0.4, -0.2) is 64.2 Å². The maximum Gasteiger partial charge on any atom is 0.253 e. The molecule has 2 aromatic heterocycles. The first-order valence-electron chi connectivity index (χ1n) is 12.5. The van der Waals surface area contributed by atoms with Crippen LogP contribution in [0.2, 0.25) is 0 Å². The van der Waals surface area contributed by atoms with Gasteiger partial charge in [-0.2, -0.15) is 5.10 Å². The van der Waals surface area contributed by atoms with Gasteiger partial charge in [0.05, 0.1) is 12.8 Å². The topological polar surface area (TPSA) is 100 Å². The number of aromatic amines is 1. The zero-order valence-corrected chi connectivity index (χ0v) is 21.3. The van der Waals surface area contributed by atoms with Crippen molar-refractivity contribution in [1.82, 2.24) is 25.0 Å². The molecule has 4 aromatic rings. The number of carbonyl (C=O) groups is 1. The average molecular weight is 507 g/mol. The highest BCUT2D eigenvalue weighted by molar-refractivity contribution is 5.97. The Hall–Kier alpha value is -4.85. The van der Waals surface area contributed by atoms with Crippen LogP contribution >= 0.6 is 0 Å². The van der Waals surface area contributed by atoms with Crippen LogP contribution in [0.25, 0.3) is 33.4 Å². The number of fused-ring (bicyclic) bond motifs is 1. The predicted molar refractivity (Wildman–Crippen MR) is 150 cm³/mol. The molecule has 2 aromatic carbocycles. The molecule has 8 heteroatoms. The number of hydrogen-bond acceptors (Lipinski definition) is 6. The number of nitrogens with one attached hydrogen (secondary N) is 1. The molecule has 1 amide bonds. The van der Waals surface area contributed by atoms with E-state index < -0.39 is 0 Å². The number of amides is 1. The van der Waals surface area contributed by atoms with Crippen LogP contribution in [0.4, 0.5) is 0 Å². The minimum absolute atomic E-state index is 0.0159. The molecule has 1 saturated heterocycles. The molecule has 0 atom stereocenters. The van der Waals surface area contributed by atoms with Crippen LogP contribution in [0, 0.1) is 0 Å². The molecule has 0 spiro atoms. The summed E-state index contributed by atoms with van der Waals surface area (Å²) in [4.78, 5) is 22.1. The van der Waals surface area contributed by atoms with Crippen LogP contribution in [0.15, 0.2) is 97.5 Å². The second-order valence-corrected chi connectivity index (χ2v) is 8.94. The summed E-state index contributed by atoms with van der Waals surface area (Å²) >= 11 is 0. The van der Waals surface area contributed by atoms with E-state index in [1.807, 2.05) is 71.6 Å². The Morgan fingerprint density at radius 2 is 1.84 bits per heavy atom. The van der Waals surface area contributed by atoms with E-state index in [2.05, 4.69) is 26.7 Å². The number of benzene rings is 2. The third-order valence-electron chi connectivity index (χ3n) is 6.72. The molecule has 0 aliphatic carbocycles. The second kappa shape index (κ2) is 11.0. The molecule has 1 aliphatic rings. The fourth-order valence-corrected chi connectivity index (χ4v) is 4.78. The number of allylic oxidation sites excluding steroid dienone is 3. The Balaban J connectivity index is 1.38. The molecule has 0 radical (unpaired) electrons. The van der Waals surface area contributed by atoms with Gasteiger partial charge in [-0.15, -0.1) is 0 Å². The predicted octanol–water partition coefficient (Wildman–Crippen LogP) is 4.60. The quantitative estimate of drug-likeness (QED) is 0.355. The molecule has 3 heterocycles. The third-order valence-corrected chi connectivity index (χ3v) is 6.72. The highest BCUT2D eigenvalue weighted by Gasteiger charge is 2.23. The summed E-state index contributed by atoms with van der Waals surface area (Å²) in [5.74, 6) is 0.768. The first-order chi connectivity index (χ1) is 18.6. The average Bonchev–Trinajstić information content (AvgIpc) is 3.40. The number of pyridine rings is 1. The van der Waals surface area contributed by atoms with E-state index in [1.165, 1.54) is 6.20 Å². The Morgan fingerprint density at radius 1 is 1.05 bits per heavy atom. The minimum Gasteiger partial charge on any atom is -0.496 e. The first-order valence-corrected chi connectivity index (χ1v) is 12.5. The van der Waals surface area contributed by atoms with E-state index >= 15 is 0 Å². The highest BCUT2D eigenvalue weighted by atomic mass is 16.5. The molecule has 0 saturated carbocycles. The number of aromatic nitrogens is 3. The number of H-pyrrole nitrogens is 1. The van der Waals surface area contributed by atoms with E-state index in [9.17, 15) is 4.79 Å². The Bertz CT molecular complexity index is 1530. The van der Waals surface area contributed by atoms with Crippen LogP contribution in [-0.2, 0) is 0 Å². The Labute approximate surface area is 221 Å². The van der Waals surface area contributed by atoms with Crippen LogP contribution in [0.3, 0.4) is 0 Å². The van der Waals surface area contributed by atoms with Gasteiger partial charge in [0.25, 0.3) is 5.91 Å². The van der Waals surface area contributed by atoms with E-state index in [0.29, 0.717) is 24.3 Å². The summed E-state index contributed by atoms with van der Waals surface area (Å²) in [5.41, 5.74) is 11.4. The minimum atomic E-state index is 0.0159. The van der Waals surface area contributed by atoms with Crippen molar-refractivity contribution in [3.8, 4) is 28.1 Å². The van der Waals surface area contributed by atoms with Gasteiger partial charge in [-0.25, -0.2) is 4.98 Å². The lowest BCUT2D eigenvalue weighted by Gasteiger charge is -2.36. The monoisotopic (exact) mass is 506 g/mol. The molecule has 8 nitrogen and oxygen atoms in total. The van der Waals surface area contributed by atoms with Crippen LogP contribution in [0.5, 0.6) is 5.75 Å². The van der Waals surface area contributed by atoms with Crippen molar-refractivity contribution in [2.45, 2.75) is 0 Å². The molecule has 3 N–H and O–H groups in total. The standard InChI is InChI=1S/C30H30N6O2/c1-3-7-24(12-13-31)35-14-16-36(17-15-35)30(37)22-9-6-8-21(18-22)23-19-26-28(33-34-29(26)32-20-23)25-10-4-5-11-27(25)38-2/h3-13,18-20H,1,14-17,31H2,2H3,(H,32,33,34)/b13-12-,24-7+. The van der Waals surface area contributed by atoms with Crippen molar-refractivity contribution in [3.63, 3.8) is 0 Å². The van der Waals surface area contributed by atoms with Gasteiger partial charge in [0, 0.05) is 60.1 Å². The lowest BCUT2D eigenvalue weighted by atomic mass is 10.0. The number of carbonyl (C=O) groups excluding carboxylic acids is 1. The van der Waals surface area contributed by atoms with Crippen LogP contribution in [0.1, 0.15) is 10.4 Å². The van der Waals surface area contributed by atoms with Crippen LogP contribution < -0.4 is 10.5 Å². The number of piperazine rings is 1. The van der Waals surface area contributed by atoms with Gasteiger partial charge in [-0.3, -0.25) is 9.89 Å². The molecule has 0 bridgehead atoms. The fraction of sp³-hybridized carbons (Fsp3) is 0.167. The summed E-state index contributed by atoms with van der Waals surface area (Å²) in [6, 6.07) is 17.5. The van der Waals surface area contributed by atoms with E-state index in [-0.39, 0.29) is 5.91 Å². The number of rotatable bonds is 7. The third kappa shape index (κ3) is 4.88. The lowest BCUT2D eigenvalue weighted by molar-refractivity contribution is 0.0672. The number of nitrogens with two attached hydrogens (primary N) is 1. The Kier molecular flexibility index (Phi) is 7.21. The first kappa shape index (κ1) is 24.8.